The van der Waals surface area contributed by atoms with Crippen LogP contribution in [0.5, 0.6) is 5.75 Å². The van der Waals surface area contributed by atoms with Crippen molar-refractivity contribution < 1.29 is 14.3 Å². The molecule has 0 bridgehead atoms. The molecule has 0 aromatic heterocycles. The maximum Gasteiger partial charge on any atom is 0.384 e. The number of ether oxygens (including phenoxy) is 2. The molecule has 0 fully saturated rings. The number of hydrogen-bond donors (Lipinski definition) is 0. The second-order valence-electron chi connectivity index (χ2n) is 7.00. The van der Waals surface area contributed by atoms with Gasteiger partial charge in [-0.25, -0.2) is 4.79 Å². The third-order valence-corrected chi connectivity index (χ3v) is 4.33. The van der Waals surface area contributed by atoms with Gasteiger partial charge in [0.1, 0.15) is 5.75 Å². The molecule has 28 heavy (non-hydrogen) atoms. The SMILES string of the molecule is CCOC(=O)C#Cc1ccc(CC(C)N(C)c2cccc(OC(C)C)c2)cc1. The number of esters is 1. The van der Waals surface area contributed by atoms with Gasteiger partial charge in [-0.2, -0.15) is 0 Å². The Balaban J connectivity index is 2.00. The molecule has 0 aliphatic heterocycles. The molecule has 2 rings (SSSR count). The quantitative estimate of drug-likeness (QED) is 0.526. The number of benzene rings is 2. The summed E-state index contributed by atoms with van der Waals surface area (Å²) >= 11 is 0. The van der Waals surface area contributed by atoms with Crippen LogP contribution < -0.4 is 9.64 Å². The third-order valence-electron chi connectivity index (χ3n) is 4.33. The lowest BCUT2D eigenvalue weighted by atomic mass is 10.0. The van der Waals surface area contributed by atoms with Gasteiger partial charge >= 0.3 is 5.97 Å². The zero-order chi connectivity index (χ0) is 20.5. The Kier molecular flexibility index (Phi) is 7.95. The fraction of sp³-hybridized carbons (Fsp3) is 0.375. The van der Waals surface area contributed by atoms with Crippen molar-refractivity contribution in [1.82, 2.24) is 0 Å². The monoisotopic (exact) mass is 379 g/mol. The number of carbonyl (C=O) groups is 1. The van der Waals surface area contributed by atoms with E-state index in [1.807, 2.05) is 38.1 Å². The van der Waals surface area contributed by atoms with E-state index >= 15 is 0 Å². The summed E-state index contributed by atoms with van der Waals surface area (Å²) in [4.78, 5) is 13.6. The Bertz CT molecular complexity index is 831. The third kappa shape index (κ3) is 6.66. The molecule has 4 nitrogen and oxygen atoms in total. The van der Waals surface area contributed by atoms with Crippen LogP contribution in [0, 0.1) is 11.8 Å². The number of nitrogens with zero attached hydrogens (tertiary/aromatic N) is 1. The summed E-state index contributed by atoms with van der Waals surface area (Å²) < 4.78 is 10.6. The number of anilines is 1. The molecule has 0 heterocycles. The van der Waals surface area contributed by atoms with Gasteiger partial charge < -0.3 is 14.4 Å². The highest BCUT2D eigenvalue weighted by Gasteiger charge is 2.12. The smallest absolute Gasteiger partial charge is 0.384 e. The number of rotatable bonds is 7. The highest BCUT2D eigenvalue weighted by atomic mass is 16.5. The molecule has 0 N–H and O–H groups in total. The Morgan fingerprint density at radius 1 is 1.11 bits per heavy atom. The summed E-state index contributed by atoms with van der Waals surface area (Å²) in [6, 6.07) is 16.5. The van der Waals surface area contributed by atoms with Crippen LogP contribution in [0.25, 0.3) is 0 Å². The van der Waals surface area contributed by atoms with E-state index < -0.39 is 5.97 Å². The van der Waals surface area contributed by atoms with E-state index in [0.717, 1.165) is 23.4 Å². The standard InChI is InChI=1S/C24H29NO3/c1-6-27-24(26)15-14-20-10-12-21(13-11-20)16-19(4)25(5)22-8-7-9-23(17-22)28-18(2)3/h7-13,17-19H,6,16H2,1-5H3. The van der Waals surface area contributed by atoms with Crippen LogP contribution in [0.3, 0.4) is 0 Å². The van der Waals surface area contributed by atoms with Crippen molar-refractivity contribution in [2.24, 2.45) is 0 Å². The highest BCUT2D eigenvalue weighted by Crippen LogP contribution is 2.23. The van der Waals surface area contributed by atoms with Crippen molar-refractivity contribution >= 4 is 11.7 Å². The molecule has 0 saturated carbocycles. The normalized spacial score (nSPS) is 11.4. The van der Waals surface area contributed by atoms with E-state index in [1.165, 1.54) is 5.56 Å². The summed E-state index contributed by atoms with van der Waals surface area (Å²) in [6.07, 6.45) is 1.06. The fourth-order valence-electron chi connectivity index (χ4n) is 2.80. The van der Waals surface area contributed by atoms with Gasteiger partial charge in [-0.3, -0.25) is 0 Å². The van der Waals surface area contributed by atoms with Crippen molar-refractivity contribution in [3.05, 3.63) is 59.7 Å². The van der Waals surface area contributed by atoms with Crippen LogP contribution in [-0.2, 0) is 16.0 Å². The number of carbonyl (C=O) groups excluding carboxylic acids is 1. The maximum absolute atomic E-state index is 11.3. The number of hydrogen-bond acceptors (Lipinski definition) is 4. The van der Waals surface area contributed by atoms with Crippen LogP contribution in [0.2, 0.25) is 0 Å². The molecule has 1 unspecified atom stereocenters. The molecular formula is C24H29NO3. The Labute approximate surface area is 168 Å². The zero-order valence-electron chi connectivity index (χ0n) is 17.4. The largest absolute Gasteiger partial charge is 0.491 e. The molecule has 0 radical (unpaired) electrons. The lowest BCUT2D eigenvalue weighted by Crippen LogP contribution is -2.30. The van der Waals surface area contributed by atoms with Gasteiger partial charge in [0.2, 0.25) is 0 Å². The van der Waals surface area contributed by atoms with Gasteiger partial charge in [0.25, 0.3) is 0 Å². The minimum atomic E-state index is -0.495. The van der Waals surface area contributed by atoms with Crippen LogP contribution in [-0.4, -0.2) is 31.8 Å². The first-order chi connectivity index (χ1) is 13.4. The lowest BCUT2D eigenvalue weighted by molar-refractivity contribution is -0.136. The molecular weight excluding hydrogens is 350 g/mol. The molecule has 0 saturated heterocycles. The highest BCUT2D eigenvalue weighted by molar-refractivity contribution is 5.89. The first-order valence-corrected chi connectivity index (χ1v) is 9.66. The van der Waals surface area contributed by atoms with E-state index in [4.69, 9.17) is 9.47 Å². The molecule has 1 atom stereocenters. The van der Waals surface area contributed by atoms with Crippen LogP contribution in [0.1, 0.15) is 38.8 Å². The summed E-state index contributed by atoms with van der Waals surface area (Å²) in [5, 5.41) is 0. The predicted octanol–water partition coefficient (Wildman–Crippen LogP) is 4.46. The van der Waals surface area contributed by atoms with E-state index in [9.17, 15) is 4.79 Å². The summed E-state index contributed by atoms with van der Waals surface area (Å²) in [5.41, 5.74) is 3.15. The van der Waals surface area contributed by atoms with E-state index in [2.05, 4.69) is 55.0 Å². The van der Waals surface area contributed by atoms with Crippen molar-refractivity contribution in [3.8, 4) is 17.6 Å². The topological polar surface area (TPSA) is 38.8 Å². The first-order valence-electron chi connectivity index (χ1n) is 9.66. The maximum atomic E-state index is 11.3. The minimum Gasteiger partial charge on any atom is -0.491 e. The Morgan fingerprint density at radius 2 is 1.82 bits per heavy atom. The predicted molar refractivity (Wildman–Crippen MR) is 114 cm³/mol. The average molecular weight is 380 g/mol. The fourth-order valence-corrected chi connectivity index (χ4v) is 2.80. The molecule has 0 aliphatic carbocycles. The Morgan fingerprint density at radius 3 is 2.46 bits per heavy atom. The van der Waals surface area contributed by atoms with Gasteiger partial charge in [-0.05, 0) is 63.9 Å². The second-order valence-corrected chi connectivity index (χ2v) is 7.00. The van der Waals surface area contributed by atoms with Gasteiger partial charge in [0.15, 0.2) is 0 Å². The molecule has 0 spiro atoms. The van der Waals surface area contributed by atoms with Crippen molar-refractivity contribution in [2.45, 2.75) is 46.3 Å². The summed E-state index contributed by atoms with van der Waals surface area (Å²) in [7, 11) is 2.10. The molecule has 2 aromatic carbocycles. The second kappa shape index (κ2) is 10.4. The van der Waals surface area contributed by atoms with E-state index in [1.54, 1.807) is 6.92 Å². The molecule has 0 amide bonds. The molecule has 0 aliphatic rings. The minimum absolute atomic E-state index is 0.156. The van der Waals surface area contributed by atoms with E-state index in [-0.39, 0.29) is 6.10 Å². The zero-order valence-corrected chi connectivity index (χ0v) is 17.4. The molecule has 2 aromatic rings. The lowest BCUT2D eigenvalue weighted by Gasteiger charge is -2.27. The Hall–Kier alpha value is -2.93. The molecule has 4 heteroatoms. The van der Waals surface area contributed by atoms with Gasteiger partial charge in [0, 0.05) is 36.3 Å². The van der Waals surface area contributed by atoms with Crippen molar-refractivity contribution in [3.63, 3.8) is 0 Å². The van der Waals surface area contributed by atoms with Crippen molar-refractivity contribution in [2.75, 3.05) is 18.6 Å². The van der Waals surface area contributed by atoms with Gasteiger partial charge in [0.05, 0.1) is 12.7 Å². The average Bonchev–Trinajstić information content (AvgIpc) is 2.66. The van der Waals surface area contributed by atoms with Crippen LogP contribution in [0.15, 0.2) is 48.5 Å². The van der Waals surface area contributed by atoms with Gasteiger partial charge in [-0.15, -0.1) is 0 Å². The van der Waals surface area contributed by atoms with E-state index in [0.29, 0.717) is 12.6 Å². The van der Waals surface area contributed by atoms with Gasteiger partial charge in [-0.1, -0.05) is 24.1 Å². The van der Waals surface area contributed by atoms with Crippen LogP contribution >= 0.6 is 0 Å². The summed E-state index contributed by atoms with van der Waals surface area (Å²) in [5.74, 6) is 5.71. The summed E-state index contributed by atoms with van der Waals surface area (Å²) in [6.45, 7) is 8.36. The molecule has 148 valence electrons. The van der Waals surface area contributed by atoms with Crippen molar-refractivity contribution in [1.29, 1.82) is 0 Å². The van der Waals surface area contributed by atoms with Crippen LogP contribution in [0.4, 0.5) is 5.69 Å². The number of likely N-dealkylation sites (N-methyl/N-ethyl adjacent to an activating group) is 1. The first kappa shape index (κ1) is 21.4.